The summed E-state index contributed by atoms with van der Waals surface area (Å²) in [6.07, 6.45) is 0. The van der Waals surface area contributed by atoms with Crippen molar-refractivity contribution in [2.24, 2.45) is 5.92 Å². The van der Waals surface area contributed by atoms with Gasteiger partial charge in [0.2, 0.25) is 5.91 Å². The lowest BCUT2D eigenvalue weighted by Crippen LogP contribution is -2.34. The molecule has 0 spiro atoms. The molecule has 4 heteroatoms. The van der Waals surface area contributed by atoms with Crippen molar-refractivity contribution in [1.29, 1.82) is 0 Å². The second-order valence-corrected chi connectivity index (χ2v) is 5.12. The number of hydrogen-bond acceptors (Lipinski definition) is 3. The van der Waals surface area contributed by atoms with Crippen LogP contribution >= 0.6 is 0 Å². The number of amides is 1. The molecular weight excluding hydrogens is 250 g/mol. The van der Waals surface area contributed by atoms with E-state index in [-0.39, 0.29) is 11.8 Å². The van der Waals surface area contributed by atoms with Gasteiger partial charge in [0.25, 0.3) is 0 Å². The Morgan fingerprint density at radius 1 is 1.15 bits per heavy atom. The highest BCUT2D eigenvalue weighted by atomic mass is 16.1. The first-order valence-electron chi connectivity index (χ1n) is 7.00. The maximum Gasteiger partial charge on any atom is 0.222 e. The predicted octanol–water partition coefficient (Wildman–Crippen LogP) is 2.10. The molecule has 0 unspecified atom stereocenters. The monoisotopic (exact) mass is 271 g/mol. The van der Waals surface area contributed by atoms with E-state index in [0.717, 1.165) is 23.1 Å². The van der Waals surface area contributed by atoms with Crippen LogP contribution in [0.15, 0.2) is 36.4 Å². The number of carbonyl (C=O) groups excluding carboxylic acids is 1. The SMILES string of the molecule is CC(C)C(=O)NCCNCc1ccc2ccccc2n1. The van der Waals surface area contributed by atoms with E-state index in [9.17, 15) is 4.79 Å². The number of nitrogens with one attached hydrogen (secondary N) is 2. The Morgan fingerprint density at radius 3 is 2.75 bits per heavy atom. The van der Waals surface area contributed by atoms with Crippen LogP contribution in [0.3, 0.4) is 0 Å². The van der Waals surface area contributed by atoms with Gasteiger partial charge in [0, 0.05) is 30.9 Å². The Bertz CT molecular complexity index is 581. The molecule has 2 aromatic rings. The van der Waals surface area contributed by atoms with Crippen molar-refractivity contribution in [3.05, 3.63) is 42.1 Å². The lowest BCUT2D eigenvalue weighted by molar-refractivity contribution is -0.123. The third kappa shape index (κ3) is 4.03. The largest absolute Gasteiger partial charge is 0.355 e. The molecule has 0 saturated carbocycles. The lowest BCUT2D eigenvalue weighted by Gasteiger charge is -2.08. The van der Waals surface area contributed by atoms with E-state index in [1.807, 2.05) is 38.1 Å². The molecule has 1 aromatic carbocycles. The molecule has 0 aliphatic heterocycles. The summed E-state index contributed by atoms with van der Waals surface area (Å²) in [5.74, 6) is 0.132. The summed E-state index contributed by atoms with van der Waals surface area (Å²) in [6, 6.07) is 12.2. The molecule has 20 heavy (non-hydrogen) atoms. The van der Waals surface area contributed by atoms with Gasteiger partial charge in [-0.15, -0.1) is 0 Å². The minimum Gasteiger partial charge on any atom is -0.355 e. The Labute approximate surface area is 119 Å². The molecule has 2 rings (SSSR count). The number of carbonyl (C=O) groups is 1. The van der Waals surface area contributed by atoms with Gasteiger partial charge in [-0.1, -0.05) is 38.1 Å². The Hall–Kier alpha value is -1.94. The van der Waals surface area contributed by atoms with Crippen molar-refractivity contribution in [3.63, 3.8) is 0 Å². The van der Waals surface area contributed by atoms with E-state index in [1.54, 1.807) is 0 Å². The highest BCUT2D eigenvalue weighted by molar-refractivity contribution is 5.78. The van der Waals surface area contributed by atoms with Crippen LogP contribution < -0.4 is 10.6 Å². The molecule has 4 nitrogen and oxygen atoms in total. The predicted molar refractivity (Wildman–Crippen MR) is 81.3 cm³/mol. The standard InChI is InChI=1S/C16H21N3O/c1-12(2)16(20)18-10-9-17-11-14-8-7-13-5-3-4-6-15(13)19-14/h3-8,12,17H,9-11H2,1-2H3,(H,18,20). The van der Waals surface area contributed by atoms with Gasteiger partial charge >= 0.3 is 0 Å². The average molecular weight is 271 g/mol. The molecule has 0 aliphatic carbocycles. The maximum atomic E-state index is 11.4. The zero-order valence-electron chi connectivity index (χ0n) is 12.0. The van der Waals surface area contributed by atoms with Crippen molar-refractivity contribution in [2.45, 2.75) is 20.4 Å². The van der Waals surface area contributed by atoms with Gasteiger partial charge in [-0.2, -0.15) is 0 Å². The number of rotatable bonds is 6. The van der Waals surface area contributed by atoms with Gasteiger partial charge in [-0.05, 0) is 12.1 Å². The third-order valence-corrected chi connectivity index (χ3v) is 3.09. The lowest BCUT2D eigenvalue weighted by atomic mass is 10.2. The van der Waals surface area contributed by atoms with E-state index >= 15 is 0 Å². The van der Waals surface area contributed by atoms with E-state index in [1.165, 1.54) is 0 Å². The van der Waals surface area contributed by atoms with Crippen LogP contribution in [0.1, 0.15) is 19.5 Å². The topological polar surface area (TPSA) is 54.0 Å². The highest BCUT2D eigenvalue weighted by Crippen LogP contribution is 2.11. The number of para-hydroxylation sites is 1. The number of fused-ring (bicyclic) bond motifs is 1. The number of pyridine rings is 1. The number of benzene rings is 1. The zero-order valence-corrected chi connectivity index (χ0v) is 12.0. The van der Waals surface area contributed by atoms with Crippen LogP contribution in [-0.4, -0.2) is 24.0 Å². The maximum absolute atomic E-state index is 11.4. The second-order valence-electron chi connectivity index (χ2n) is 5.12. The van der Waals surface area contributed by atoms with Gasteiger partial charge in [0.1, 0.15) is 0 Å². The summed E-state index contributed by atoms with van der Waals surface area (Å²) in [5.41, 5.74) is 2.03. The van der Waals surface area contributed by atoms with Gasteiger partial charge in [-0.25, -0.2) is 0 Å². The van der Waals surface area contributed by atoms with Gasteiger partial charge in [0.15, 0.2) is 0 Å². The molecular formula is C16H21N3O. The van der Waals surface area contributed by atoms with Crippen LogP contribution in [-0.2, 0) is 11.3 Å². The fraction of sp³-hybridized carbons (Fsp3) is 0.375. The molecule has 1 aromatic heterocycles. The first-order chi connectivity index (χ1) is 9.66. The summed E-state index contributed by atoms with van der Waals surface area (Å²) < 4.78 is 0. The van der Waals surface area contributed by atoms with Crippen molar-refractivity contribution >= 4 is 16.8 Å². The molecule has 0 bridgehead atoms. The van der Waals surface area contributed by atoms with Crippen LogP contribution in [0.4, 0.5) is 0 Å². The molecule has 1 heterocycles. The second kappa shape index (κ2) is 7.01. The fourth-order valence-corrected chi connectivity index (χ4v) is 1.90. The minimum absolute atomic E-state index is 0.0390. The summed E-state index contributed by atoms with van der Waals surface area (Å²) >= 11 is 0. The molecule has 0 radical (unpaired) electrons. The Balaban J connectivity index is 1.77. The third-order valence-electron chi connectivity index (χ3n) is 3.09. The van der Waals surface area contributed by atoms with Crippen molar-refractivity contribution in [1.82, 2.24) is 15.6 Å². The van der Waals surface area contributed by atoms with Crippen molar-refractivity contribution < 1.29 is 4.79 Å². The van der Waals surface area contributed by atoms with Crippen LogP contribution in [0, 0.1) is 5.92 Å². The molecule has 0 aliphatic rings. The van der Waals surface area contributed by atoms with Gasteiger partial charge < -0.3 is 10.6 Å². The van der Waals surface area contributed by atoms with Crippen molar-refractivity contribution in [2.75, 3.05) is 13.1 Å². The molecule has 0 saturated heterocycles. The van der Waals surface area contributed by atoms with E-state index in [2.05, 4.69) is 27.8 Å². The smallest absolute Gasteiger partial charge is 0.222 e. The Kier molecular flexibility index (Phi) is 5.07. The fourth-order valence-electron chi connectivity index (χ4n) is 1.90. The average Bonchev–Trinajstić information content (AvgIpc) is 2.46. The molecule has 0 atom stereocenters. The highest BCUT2D eigenvalue weighted by Gasteiger charge is 2.04. The summed E-state index contributed by atoms with van der Waals surface area (Å²) in [6.45, 7) is 5.88. The first-order valence-corrected chi connectivity index (χ1v) is 7.00. The quantitative estimate of drug-likeness (QED) is 0.791. The first kappa shape index (κ1) is 14.5. The number of aromatic nitrogens is 1. The Morgan fingerprint density at radius 2 is 1.95 bits per heavy atom. The zero-order chi connectivity index (χ0) is 14.4. The molecule has 1 amide bonds. The van der Waals surface area contributed by atoms with Gasteiger partial charge in [0.05, 0.1) is 11.2 Å². The minimum atomic E-state index is 0.0390. The van der Waals surface area contributed by atoms with Crippen LogP contribution in [0.25, 0.3) is 10.9 Å². The molecule has 0 fully saturated rings. The number of hydrogen-bond donors (Lipinski definition) is 2. The van der Waals surface area contributed by atoms with Crippen LogP contribution in [0.2, 0.25) is 0 Å². The summed E-state index contributed by atoms with van der Waals surface area (Å²) in [5, 5.41) is 7.31. The van der Waals surface area contributed by atoms with E-state index in [0.29, 0.717) is 13.1 Å². The van der Waals surface area contributed by atoms with E-state index < -0.39 is 0 Å². The number of nitrogens with zero attached hydrogens (tertiary/aromatic N) is 1. The molecule has 2 N–H and O–H groups in total. The molecule has 106 valence electrons. The normalized spacial score (nSPS) is 10.9. The van der Waals surface area contributed by atoms with Crippen LogP contribution in [0.5, 0.6) is 0 Å². The summed E-state index contributed by atoms with van der Waals surface area (Å²) in [4.78, 5) is 16.0. The van der Waals surface area contributed by atoms with E-state index in [4.69, 9.17) is 0 Å². The van der Waals surface area contributed by atoms with Crippen molar-refractivity contribution in [3.8, 4) is 0 Å². The van der Waals surface area contributed by atoms with Gasteiger partial charge in [-0.3, -0.25) is 9.78 Å². The summed E-state index contributed by atoms with van der Waals surface area (Å²) in [7, 11) is 0.